The molecule has 37 heavy (non-hydrogen) atoms. The Morgan fingerprint density at radius 2 is 1.73 bits per heavy atom. The number of hydrogen-bond donors (Lipinski definition) is 2. The number of carbonyl (C=O) groups excluding carboxylic acids is 3. The van der Waals surface area contributed by atoms with Crippen molar-refractivity contribution in [1.82, 2.24) is 20.4 Å². The highest BCUT2D eigenvalue weighted by Gasteiger charge is 2.60. The number of rotatable bonds is 8. The van der Waals surface area contributed by atoms with Gasteiger partial charge < -0.3 is 29.9 Å². The summed E-state index contributed by atoms with van der Waals surface area (Å²) in [5.74, 6) is 0.409. The summed E-state index contributed by atoms with van der Waals surface area (Å²) in [7, 11) is 0. The van der Waals surface area contributed by atoms with E-state index in [4.69, 9.17) is 9.47 Å². The zero-order valence-electron chi connectivity index (χ0n) is 22.9. The molecule has 9 nitrogen and oxygen atoms in total. The maximum atomic E-state index is 13.7. The normalized spacial score (nSPS) is 30.5. The van der Waals surface area contributed by atoms with Gasteiger partial charge in [-0.25, -0.2) is 0 Å². The Kier molecular flexibility index (Phi) is 7.85. The van der Waals surface area contributed by atoms with Crippen LogP contribution in [0.5, 0.6) is 0 Å². The minimum Gasteiger partial charge on any atom is -0.378 e. The summed E-state index contributed by atoms with van der Waals surface area (Å²) in [6.07, 6.45) is 6.65. The summed E-state index contributed by atoms with van der Waals surface area (Å²) in [5.41, 5.74) is -0.150. The van der Waals surface area contributed by atoms with E-state index in [0.29, 0.717) is 58.5 Å². The Morgan fingerprint density at radius 3 is 2.38 bits per heavy atom. The second-order valence-electron chi connectivity index (χ2n) is 13.0. The van der Waals surface area contributed by atoms with E-state index in [9.17, 15) is 14.4 Å². The molecule has 0 unspecified atom stereocenters. The Morgan fingerprint density at radius 1 is 1.05 bits per heavy atom. The van der Waals surface area contributed by atoms with Gasteiger partial charge in [0, 0.05) is 57.2 Å². The van der Waals surface area contributed by atoms with E-state index in [1.165, 1.54) is 32.1 Å². The van der Waals surface area contributed by atoms with Gasteiger partial charge in [0.15, 0.2) is 0 Å². The van der Waals surface area contributed by atoms with Gasteiger partial charge in [0.05, 0.1) is 25.2 Å². The zero-order chi connectivity index (χ0) is 26.2. The van der Waals surface area contributed by atoms with Crippen molar-refractivity contribution in [1.29, 1.82) is 0 Å². The van der Waals surface area contributed by atoms with Gasteiger partial charge in [-0.05, 0) is 37.5 Å². The highest BCUT2D eigenvalue weighted by Crippen LogP contribution is 2.54. The molecule has 3 amide bonds. The number of carbonyl (C=O) groups is 3. The second kappa shape index (κ2) is 10.8. The topological polar surface area (TPSA) is 100 Å². The molecular weight excluding hydrogens is 472 g/mol. The van der Waals surface area contributed by atoms with E-state index >= 15 is 0 Å². The largest absolute Gasteiger partial charge is 0.378 e. The summed E-state index contributed by atoms with van der Waals surface area (Å²) in [6, 6.07) is -0.725. The molecule has 0 radical (unpaired) electrons. The molecular formula is C28H46N4O5. The molecule has 0 aromatic rings. The maximum Gasteiger partial charge on any atom is 0.248 e. The second-order valence-corrected chi connectivity index (χ2v) is 13.0. The van der Waals surface area contributed by atoms with Crippen molar-refractivity contribution < 1.29 is 23.9 Å². The van der Waals surface area contributed by atoms with Gasteiger partial charge in [0.25, 0.3) is 0 Å². The lowest BCUT2D eigenvalue weighted by molar-refractivity contribution is -0.153. The molecule has 5 fully saturated rings. The van der Waals surface area contributed by atoms with E-state index in [-0.39, 0.29) is 40.4 Å². The van der Waals surface area contributed by atoms with Crippen LogP contribution in [0, 0.1) is 28.6 Å². The molecule has 3 aliphatic heterocycles. The van der Waals surface area contributed by atoms with E-state index in [1.807, 2.05) is 11.8 Å². The average molecular weight is 519 g/mol. The summed E-state index contributed by atoms with van der Waals surface area (Å²) < 4.78 is 11.7. The molecule has 4 atom stereocenters. The molecule has 0 bridgehead atoms. The minimum absolute atomic E-state index is 0.0887. The van der Waals surface area contributed by atoms with Gasteiger partial charge in [0.2, 0.25) is 17.7 Å². The fourth-order valence-electron chi connectivity index (χ4n) is 6.84. The van der Waals surface area contributed by atoms with Crippen molar-refractivity contribution in [2.24, 2.45) is 28.6 Å². The molecule has 208 valence electrons. The quantitative estimate of drug-likeness (QED) is 0.504. The van der Waals surface area contributed by atoms with Gasteiger partial charge in [-0.2, -0.15) is 0 Å². The number of nitrogens with zero attached hydrogens (tertiary/aromatic N) is 2. The molecule has 2 aliphatic carbocycles. The van der Waals surface area contributed by atoms with Gasteiger partial charge in [-0.3, -0.25) is 14.4 Å². The van der Waals surface area contributed by atoms with Crippen LogP contribution in [-0.2, 0) is 23.9 Å². The number of hydrogen-bond acceptors (Lipinski definition) is 6. The summed E-state index contributed by atoms with van der Waals surface area (Å²) >= 11 is 0. The minimum atomic E-state index is -0.725. The molecule has 5 rings (SSSR count). The Balaban J connectivity index is 1.22. The lowest BCUT2D eigenvalue weighted by Gasteiger charge is -2.50. The van der Waals surface area contributed by atoms with Crippen LogP contribution in [-0.4, -0.2) is 98.8 Å². The maximum absolute atomic E-state index is 13.7. The predicted molar refractivity (Wildman–Crippen MR) is 139 cm³/mol. The van der Waals surface area contributed by atoms with E-state index in [2.05, 4.69) is 24.5 Å². The Bertz CT molecular complexity index is 861. The van der Waals surface area contributed by atoms with Crippen LogP contribution in [0.4, 0.5) is 0 Å². The first kappa shape index (κ1) is 26.9. The fourth-order valence-corrected chi connectivity index (χ4v) is 6.84. The molecule has 2 N–H and O–H groups in total. The van der Waals surface area contributed by atoms with Crippen LogP contribution in [0.15, 0.2) is 0 Å². The number of nitrogens with one attached hydrogen (secondary N) is 2. The molecule has 0 aromatic heterocycles. The van der Waals surface area contributed by atoms with Crippen molar-refractivity contribution in [3.8, 4) is 0 Å². The van der Waals surface area contributed by atoms with Crippen molar-refractivity contribution >= 4 is 17.7 Å². The van der Waals surface area contributed by atoms with Crippen molar-refractivity contribution in [3.63, 3.8) is 0 Å². The van der Waals surface area contributed by atoms with Gasteiger partial charge in [-0.1, -0.05) is 33.1 Å². The molecule has 1 spiro atoms. The third-order valence-corrected chi connectivity index (χ3v) is 9.69. The predicted octanol–water partition coefficient (Wildman–Crippen LogP) is 1.41. The monoisotopic (exact) mass is 518 g/mol. The smallest absolute Gasteiger partial charge is 0.248 e. The van der Waals surface area contributed by atoms with Crippen LogP contribution in [0.2, 0.25) is 0 Å². The van der Waals surface area contributed by atoms with Crippen LogP contribution in [0.25, 0.3) is 0 Å². The first-order valence-corrected chi connectivity index (χ1v) is 14.5. The zero-order valence-corrected chi connectivity index (χ0v) is 22.9. The SMILES string of the molecule is C[C@@H](OCC1CCCCC1)[C@H](NC(=O)[C@@H]1CNCC12CN(C(=O)[C@H]1CC1(C)C)C2)C(=O)N1CCOCC1. The van der Waals surface area contributed by atoms with E-state index in [0.717, 1.165) is 13.0 Å². The fraction of sp³-hybridized carbons (Fsp3) is 0.893. The van der Waals surface area contributed by atoms with Gasteiger partial charge in [0.1, 0.15) is 6.04 Å². The number of ether oxygens (including phenoxy) is 2. The number of morpholine rings is 1. The Labute approximate surface area is 221 Å². The lowest BCUT2D eigenvalue weighted by atomic mass is 9.70. The van der Waals surface area contributed by atoms with Gasteiger partial charge in [-0.15, -0.1) is 0 Å². The molecule has 3 heterocycles. The summed E-state index contributed by atoms with van der Waals surface area (Å²) in [5, 5.41) is 6.51. The summed E-state index contributed by atoms with van der Waals surface area (Å²) in [6.45, 7) is 11.4. The lowest BCUT2D eigenvalue weighted by Crippen LogP contribution is -2.65. The van der Waals surface area contributed by atoms with Crippen LogP contribution in [0.1, 0.15) is 59.3 Å². The number of amides is 3. The first-order valence-electron chi connectivity index (χ1n) is 14.5. The Hall–Kier alpha value is -1.71. The summed E-state index contributed by atoms with van der Waals surface area (Å²) in [4.78, 5) is 43.9. The highest BCUT2D eigenvalue weighted by molar-refractivity contribution is 5.90. The molecule has 3 saturated heterocycles. The van der Waals surface area contributed by atoms with Crippen molar-refractivity contribution in [2.45, 2.75) is 71.4 Å². The van der Waals surface area contributed by atoms with E-state index in [1.54, 1.807) is 4.90 Å². The van der Waals surface area contributed by atoms with E-state index < -0.39 is 12.1 Å². The molecule has 5 aliphatic rings. The van der Waals surface area contributed by atoms with Crippen LogP contribution in [0.3, 0.4) is 0 Å². The molecule has 0 aromatic carbocycles. The third kappa shape index (κ3) is 5.69. The van der Waals surface area contributed by atoms with Crippen molar-refractivity contribution in [2.75, 3.05) is 59.1 Å². The molecule has 9 heteroatoms. The van der Waals surface area contributed by atoms with Crippen LogP contribution < -0.4 is 10.6 Å². The van der Waals surface area contributed by atoms with Crippen LogP contribution >= 0.6 is 0 Å². The first-order chi connectivity index (χ1) is 17.7. The van der Waals surface area contributed by atoms with Gasteiger partial charge >= 0.3 is 0 Å². The molecule has 2 saturated carbocycles. The standard InChI is InChI=1S/C28H46N4O5/c1-19(37-15-20-7-5-4-6-8-20)23(26(35)31-9-11-36-12-10-31)30-24(33)22-14-29-16-28(22)17-32(18-28)25(34)21-13-27(21,2)3/h19-23,29H,4-18H2,1-3H3,(H,30,33)/t19-,21-,22+,23+/m1/s1. The highest BCUT2D eigenvalue weighted by atomic mass is 16.5. The third-order valence-electron chi connectivity index (χ3n) is 9.69. The average Bonchev–Trinajstić information content (AvgIpc) is 3.31. The van der Waals surface area contributed by atoms with Crippen molar-refractivity contribution in [3.05, 3.63) is 0 Å². The number of likely N-dealkylation sites (tertiary alicyclic amines) is 1.